The number of methoxy groups -OCH3 is 2. The number of anilines is 1. The standard InChI is InChI=1S/C38H37ClN4O7S/c1-7-42-34(45)21-10-9-20-23(30(21)36(42)47)15-24-35(46)43(37(48)38(24,3)31(20)18-12-26(49-5)32(44)27(13-18)50-6)29-16-25(40-41(29)4)33-17(2)22-14-19(39)8-11-28(22)51-33/h8-9,11-14,16,21,23-24,30-31,44H,7,10,15H2,1-6H3. The van der Waals surface area contributed by atoms with E-state index >= 15 is 4.79 Å². The molecule has 0 bridgehead atoms. The molecular formula is C38H37ClN4O7S. The van der Waals surface area contributed by atoms with Crippen LogP contribution in [0.15, 0.2) is 48.0 Å². The van der Waals surface area contributed by atoms with Crippen LogP contribution in [0.5, 0.6) is 17.2 Å². The first-order chi connectivity index (χ1) is 24.3. The maximum atomic E-state index is 15.1. The highest BCUT2D eigenvalue weighted by atomic mass is 35.5. The number of aromatic nitrogens is 2. The number of phenols is 1. The van der Waals surface area contributed by atoms with Crippen molar-refractivity contribution in [3.63, 3.8) is 0 Å². The lowest BCUT2D eigenvalue weighted by molar-refractivity contribution is -0.140. The first-order valence-electron chi connectivity index (χ1n) is 17.0. The molecule has 264 valence electrons. The Morgan fingerprint density at radius 1 is 1.02 bits per heavy atom. The fourth-order valence-corrected chi connectivity index (χ4v) is 10.6. The predicted molar refractivity (Wildman–Crippen MR) is 192 cm³/mol. The molecule has 6 unspecified atom stereocenters. The van der Waals surface area contributed by atoms with Crippen molar-refractivity contribution in [1.29, 1.82) is 0 Å². The number of hydrogen-bond donors (Lipinski definition) is 1. The van der Waals surface area contributed by atoms with Gasteiger partial charge in [0.1, 0.15) is 11.5 Å². The Balaban J connectivity index is 1.28. The Hall–Kier alpha value is -4.68. The van der Waals surface area contributed by atoms with Crippen molar-refractivity contribution < 1.29 is 33.8 Å². The topological polar surface area (TPSA) is 131 Å². The van der Waals surface area contributed by atoms with Gasteiger partial charge in [-0.2, -0.15) is 5.10 Å². The van der Waals surface area contributed by atoms with E-state index in [9.17, 15) is 19.5 Å². The average Bonchev–Trinajstić information content (AvgIpc) is 3.78. The van der Waals surface area contributed by atoms with Crippen LogP contribution >= 0.6 is 22.9 Å². The number of nitrogens with zero attached hydrogens (tertiary/aromatic N) is 4. The highest BCUT2D eigenvalue weighted by molar-refractivity contribution is 7.22. The van der Waals surface area contributed by atoms with Crippen LogP contribution in [0.2, 0.25) is 5.02 Å². The van der Waals surface area contributed by atoms with Crippen LogP contribution in [0.1, 0.15) is 43.7 Å². The Morgan fingerprint density at radius 2 is 1.73 bits per heavy atom. The number of halogens is 1. The molecule has 11 nitrogen and oxygen atoms in total. The SMILES string of the molecule is CCN1C(=O)C2CC=C3C(CC4C(=O)N(c5cc(-c6sc7ccc(Cl)cc7c6C)nn5C)C(=O)C4(C)C3c3cc(OC)c(O)c(OC)c3)C2C1=O. The molecule has 0 spiro atoms. The molecule has 51 heavy (non-hydrogen) atoms. The Bertz CT molecular complexity index is 2220. The van der Waals surface area contributed by atoms with Crippen LogP contribution in [-0.4, -0.2) is 64.2 Å². The van der Waals surface area contributed by atoms with Gasteiger partial charge in [0, 0.05) is 35.3 Å². The zero-order valence-corrected chi connectivity index (χ0v) is 30.6. The summed E-state index contributed by atoms with van der Waals surface area (Å²) >= 11 is 7.87. The molecule has 4 heterocycles. The third kappa shape index (κ3) is 4.51. The summed E-state index contributed by atoms with van der Waals surface area (Å²) in [6.07, 6.45) is 2.57. The van der Waals surface area contributed by atoms with Crippen molar-refractivity contribution in [1.82, 2.24) is 14.7 Å². The maximum absolute atomic E-state index is 15.1. The minimum absolute atomic E-state index is 0.148. The highest BCUT2D eigenvalue weighted by Crippen LogP contribution is 2.64. The molecule has 2 aliphatic heterocycles. The first kappa shape index (κ1) is 33.5. The summed E-state index contributed by atoms with van der Waals surface area (Å²) in [7, 11) is 4.57. The largest absolute Gasteiger partial charge is 0.502 e. The molecule has 1 N–H and O–H groups in total. The van der Waals surface area contributed by atoms with Gasteiger partial charge in [0.25, 0.3) is 0 Å². The van der Waals surface area contributed by atoms with Gasteiger partial charge < -0.3 is 14.6 Å². The number of phenolic OH excluding ortho intramolecular Hbond substituents is 1. The van der Waals surface area contributed by atoms with Gasteiger partial charge in [0.15, 0.2) is 11.5 Å². The van der Waals surface area contributed by atoms with Crippen LogP contribution in [-0.2, 0) is 26.2 Å². The van der Waals surface area contributed by atoms with Gasteiger partial charge >= 0.3 is 0 Å². The first-order valence-corrected chi connectivity index (χ1v) is 18.2. The van der Waals surface area contributed by atoms with E-state index in [1.54, 1.807) is 48.2 Å². The molecule has 0 radical (unpaired) electrons. The van der Waals surface area contributed by atoms with Crippen molar-refractivity contribution in [3.8, 4) is 27.8 Å². The number of allylic oxidation sites excluding steroid dienone is 2. The number of aryl methyl sites for hydroxylation is 2. The number of carbonyl (C=O) groups excluding carboxylic acids is 4. The normalized spacial score (nSPS) is 27.2. The average molecular weight is 729 g/mol. The number of thiophene rings is 1. The summed E-state index contributed by atoms with van der Waals surface area (Å²) in [5.74, 6) is -3.93. The number of hydrogen-bond acceptors (Lipinski definition) is 9. The predicted octanol–water partition coefficient (Wildman–Crippen LogP) is 6.24. The highest BCUT2D eigenvalue weighted by Gasteiger charge is 2.68. The van der Waals surface area contributed by atoms with E-state index in [0.717, 1.165) is 26.1 Å². The van der Waals surface area contributed by atoms with E-state index in [4.69, 9.17) is 26.2 Å². The van der Waals surface area contributed by atoms with Crippen molar-refractivity contribution in [2.24, 2.45) is 36.1 Å². The zero-order valence-electron chi connectivity index (χ0n) is 29.0. The lowest BCUT2D eigenvalue weighted by Crippen LogP contribution is -2.48. The maximum Gasteiger partial charge on any atom is 0.242 e. The van der Waals surface area contributed by atoms with E-state index < -0.39 is 40.9 Å². The molecule has 4 aromatic rings. The van der Waals surface area contributed by atoms with Crippen molar-refractivity contribution in [2.45, 2.75) is 39.5 Å². The summed E-state index contributed by atoms with van der Waals surface area (Å²) in [5, 5.41) is 17.3. The molecule has 2 aromatic carbocycles. The number of likely N-dealkylation sites (tertiary alicyclic amines) is 1. The van der Waals surface area contributed by atoms with Crippen LogP contribution in [0.3, 0.4) is 0 Å². The molecule has 2 aliphatic carbocycles. The molecule has 4 aliphatic rings. The summed E-state index contributed by atoms with van der Waals surface area (Å²) in [6.45, 7) is 5.87. The van der Waals surface area contributed by atoms with Gasteiger partial charge in [0.2, 0.25) is 29.4 Å². The van der Waals surface area contributed by atoms with E-state index in [1.807, 2.05) is 38.1 Å². The van der Waals surface area contributed by atoms with Gasteiger partial charge in [-0.25, -0.2) is 4.90 Å². The second kappa shape index (κ2) is 11.7. The van der Waals surface area contributed by atoms with Crippen LogP contribution in [0, 0.1) is 36.0 Å². The molecule has 6 atom stereocenters. The van der Waals surface area contributed by atoms with E-state index in [0.29, 0.717) is 28.5 Å². The Labute approximate surface area is 303 Å². The number of carbonyl (C=O) groups is 4. The van der Waals surface area contributed by atoms with E-state index in [1.165, 1.54) is 24.0 Å². The third-order valence-corrected chi connectivity index (χ3v) is 13.3. The fraction of sp³-hybridized carbons (Fsp3) is 0.395. The number of fused-ring (bicyclic) bond motifs is 5. The van der Waals surface area contributed by atoms with Crippen molar-refractivity contribution >= 4 is 62.5 Å². The second-order valence-electron chi connectivity index (χ2n) is 14.1. The Morgan fingerprint density at radius 3 is 2.39 bits per heavy atom. The lowest BCUT2D eigenvalue weighted by Gasteiger charge is -2.49. The van der Waals surface area contributed by atoms with Gasteiger partial charge in [-0.05, 0) is 86.4 Å². The third-order valence-electron chi connectivity index (χ3n) is 11.7. The van der Waals surface area contributed by atoms with Gasteiger partial charge in [-0.15, -0.1) is 11.3 Å². The molecule has 4 amide bonds. The van der Waals surface area contributed by atoms with Gasteiger partial charge in [0.05, 0.1) is 42.3 Å². The molecule has 13 heteroatoms. The molecule has 3 fully saturated rings. The zero-order chi connectivity index (χ0) is 36.3. The monoisotopic (exact) mass is 728 g/mol. The molecule has 2 aromatic heterocycles. The van der Waals surface area contributed by atoms with Gasteiger partial charge in [-0.1, -0.05) is 23.3 Å². The second-order valence-corrected chi connectivity index (χ2v) is 15.6. The van der Waals surface area contributed by atoms with Crippen LogP contribution < -0.4 is 14.4 Å². The summed E-state index contributed by atoms with van der Waals surface area (Å²) in [5.41, 5.74) is 1.75. The summed E-state index contributed by atoms with van der Waals surface area (Å²) < 4.78 is 13.7. The number of rotatable bonds is 6. The molecule has 1 saturated carbocycles. The quantitative estimate of drug-likeness (QED) is 0.183. The lowest BCUT2D eigenvalue weighted by atomic mass is 9.51. The van der Waals surface area contributed by atoms with Gasteiger partial charge in [-0.3, -0.25) is 28.8 Å². The minimum Gasteiger partial charge on any atom is -0.502 e. The van der Waals surface area contributed by atoms with Crippen molar-refractivity contribution in [3.05, 3.63) is 64.2 Å². The van der Waals surface area contributed by atoms with E-state index in [2.05, 4.69) is 0 Å². The number of benzene rings is 2. The number of amides is 4. The Kier molecular flexibility index (Phi) is 7.66. The summed E-state index contributed by atoms with van der Waals surface area (Å²) in [4.78, 5) is 60.6. The number of imide groups is 2. The smallest absolute Gasteiger partial charge is 0.242 e. The molecular weight excluding hydrogens is 692 g/mol. The number of aromatic hydroxyl groups is 1. The summed E-state index contributed by atoms with van der Waals surface area (Å²) in [6, 6.07) is 10.8. The van der Waals surface area contributed by atoms with Crippen molar-refractivity contribution in [2.75, 3.05) is 25.7 Å². The number of ether oxygens (including phenoxy) is 2. The van der Waals surface area contributed by atoms with E-state index in [-0.39, 0.29) is 47.9 Å². The molecule has 2 saturated heterocycles. The van der Waals surface area contributed by atoms with Crippen LogP contribution in [0.25, 0.3) is 20.7 Å². The van der Waals surface area contributed by atoms with Crippen LogP contribution in [0.4, 0.5) is 5.82 Å². The minimum atomic E-state index is -1.30. The molecule has 8 rings (SSSR count). The fourth-order valence-electron chi connectivity index (χ4n) is 9.29.